The smallest absolute Gasteiger partial charge is 0.307 e. The van der Waals surface area contributed by atoms with E-state index in [0.717, 1.165) is 4.31 Å². The van der Waals surface area contributed by atoms with Gasteiger partial charge in [0, 0.05) is 33.1 Å². The number of nitrogens with zero attached hydrogens (tertiary/aromatic N) is 2. The third-order valence-electron chi connectivity index (χ3n) is 3.54. The third kappa shape index (κ3) is 4.94. The molecule has 9 heteroatoms. The molecule has 1 rings (SSSR count). The largest absolute Gasteiger partial charge is 0.481 e. The lowest BCUT2D eigenvalue weighted by atomic mass is 10.0. The molecule has 1 saturated heterocycles. The van der Waals surface area contributed by atoms with Gasteiger partial charge in [-0.3, -0.25) is 9.59 Å². The van der Waals surface area contributed by atoms with E-state index in [9.17, 15) is 18.0 Å². The maximum absolute atomic E-state index is 12.3. The summed E-state index contributed by atoms with van der Waals surface area (Å²) in [6.45, 7) is 0.512. The van der Waals surface area contributed by atoms with E-state index in [1.165, 1.54) is 18.5 Å². The first kappa shape index (κ1) is 17.9. The summed E-state index contributed by atoms with van der Waals surface area (Å²) in [7, 11) is -0.974. The number of carbonyl (C=O) groups is 2. The second kappa shape index (κ2) is 7.71. The zero-order valence-electron chi connectivity index (χ0n) is 12.3. The van der Waals surface area contributed by atoms with E-state index in [1.54, 1.807) is 0 Å². The predicted octanol–water partition coefficient (Wildman–Crippen LogP) is -0.0872. The van der Waals surface area contributed by atoms with Crippen LogP contribution < -0.4 is 0 Å². The molecule has 1 aliphatic rings. The highest BCUT2D eigenvalue weighted by molar-refractivity contribution is 7.86. The zero-order valence-corrected chi connectivity index (χ0v) is 13.1. The monoisotopic (exact) mass is 322 g/mol. The van der Waals surface area contributed by atoms with Gasteiger partial charge in [0.2, 0.25) is 0 Å². The van der Waals surface area contributed by atoms with Crippen molar-refractivity contribution in [3.05, 3.63) is 0 Å². The van der Waals surface area contributed by atoms with Crippen LogP contribution in [0, 0.1) is 5.92 Å². The highest BCUT2D eigenvalue weighted by Gasteiger charge is 2.34. The van der Waals surface area contributed by atoms with Crippen molar-refractivity contribution >= 4 is 22.1 Å². The summed E-state index contributed by atoms with van der Waals surface area (Å²) >= 11 is 0. The van der Waals surface area contributed by atoms with Crippen molar-refractivity contribution in [3.63, 3.8) is 0 Å². The molecule has 0 saturated carbocycles. The highest BCUT2D eigenvalue weighted by atomic mass is 32.2. The van der Waals surface area contributed by atoms with Crippen molar-refractivity contribution in [1.29, 1.82) is 0 Å². The summed E-state index contributed by atoms with van der Waals surface area (Å²) in [6.07, 6.45) is 1.53. The average Bonchev–Trinajstić information content (AvgIpc) is 2.46. The SMILES string of the molecule is COC(=O)CCCN(C)S(=O)(=O)N1CCCC(C(=O)O)C1. The minimum Gasteiger partial charge on any atom is -0.481 e. The van der Waals surface area contributed by atoms with Crippen LogP contribution in [0.4, 0.5) is 0 Å². The van der Waals surface area contributed by atoms with Crippen LogP contribution in [0.25, 0.3) is 0 Å². The van der Waals surface area contributed by atoms with Crippen molar-refractivity contribution < 1.29 is 27.9 Å². The van der Waals surface area contributed by atoms with Gasteiger partial charge in [0.1, 0.15) is 0 Å². The van der Waals surface area contributed by atoms with E-state index in [4.69, 9.17) is 5.11 Å². The Kier molecular flexibility index (Phi) is 6.56. The normalized spacial score (nSPS) is 20.4. The van der Waals surface area contributed by atoms with Gasteiger partial charge in [-0.15, -0.1) is 0 Å². The first-order chi connectivity index (χ1) is 9.78. The number of aliphatic carboxylic acids is 1. The van der Waals surface area contributed by atoms with Crippen molar-refractivity contribution in [2.45, 2.75) is 25.7 Å². The van der Waals surface area contributed by atoms with Gasteiger partial charge in [-0.05, 0) is 19.3 Å². The Morgan fingerprint density at radius 3 is 2.67 bits per heavy atom. The predicted molar refractivity (Wildman–Crippen MR) is 74.7 cm³/mol. The zero-order chi connectivity index (χ0) is 16.0. The lowest BCUT2D eigenvalue weighted by Gasteiger charge is -2.32. The van der Waals surface area contributed by atoms with Gasteiger partial charge in [-0.25, -0.2) is 0 Å². The number of ether oxygens (including phenoxy) is 1. The van der Waals surface area contributed by atoms with Crippen LogP contribution in [0.1, 0.15) is 25.7 Å². The molecule has 122 valence electrons. The molecule has 1 fully saturated rings. The van der Waals surface area contributed by atoms with E-state index in [2.05, 4.69) is 4.74 Å². The molecule has 1 aliphatic heterocycles. The number of hydrogen-bond donors (Lipinski definition) is 1. The molecule has 0 aromatic carbocycles. The second-order valence-corrected chi connectivity index (χ2v) is 7.08. The molecule has 0 aliphatic carbocycles. The number of piperidine rings is 1. The summed E-state index contributed by atoms with van der Waals surface area (Å²) in [5, 5.41) is 9.00. The molecule has 1 atom stereocenters. The number of rotatable bonds is 7. The Labute approximate surface area is 124 Å². The molecule has 1 N–H and O–H groups in total. The first-order valence-corrected chi connectivity index (χ1v) is 8.19. The van der Waals surface area contributed by atoms with Gasteiger partial charge < -0.3 is 9.84 Å². The number of methoxy groups -OCH3 is 1. The molecule has 21 heavy (non-hydrogen) atoms. The summed E-state index contributed by atoms with van der Waals surface area (Å²) in [6, 6.07) is 0. The standard InChI is InChI=1S/C12H22N2O6S/c1-13(7-4-6-11(15)20-2)21(18,19)14-8-3-5-10(9-14)12(16)17/h10H,3-9H2,1-2H3,(H,16,17). The molecule has 0 aromatic rings. The Balaban J connectivity index is 2.58. The first-order valence-electron chi connectivity index (χ1n) is 6.80. The molecular weight excluding hydrogens is 300 g/mol. The van der Waals surface area contributed by atoms with E-state index in [-0.39, 0.29) is 25.5 Å². The lowest BCUT2D eigenvalue weighted by molar-refractivity contribution is -0.143. The summed E-state index contributed by atoms with van der Waals surface area (Å²) in [5.41, 5.74) is 0. The molecule has 0 aromatic heterocycles. The topological polar surface area (TPSA) is 104 Å². The van der Waals surface area contributed by atoms with Crippen LogP contribution in [0.5, 0.6) is 0 Å². The molecule has 0 spiro atoms. The van der Waals surface area contributed by atoms with Gasteiger partial charge >= 0.3 is 11.9 Å². The molecule has 1 unspecified atom stereocenters. The maximum Gasteiger partial charge on any atom is 0.307 e. The van der Waals surface area contributed by atoms with Crippen molar-refractivity contribution in [2.24, 2.45) is 5.92 Å². The third-order valence-corrected chi connectivity index (χ3v) is 5.49. The van der Waals surface area contributed by atoms with Crippen molar-refractivity contribution in [3.8, 4) is 0 Å². The fourth-order valence-electron chi connectivity index (χ4n) is 2.21. The Bertz CT molecular complexity index is 478. The van der Waals surface area contributed by atoms with E-state index in [0.29, 0.717) is 25.8 Å². The number of carboxylic acids is 1. The van der Waals surface area contributed by atoms with Crippen LogP contribution in [-0.2, 0) is 24.5 Å². The highest BCUT2D eigenvalue weighted by Crippen LogP contribution is 2.21. The van der Waals surface area contributed by atoms with Crippen molar-refractivity contribution in [2.75, 3.05) is 33.8 Å². The Morgan fingerprint density at radius 2 is 2.10 bits per heavy atom. The average molecular weight is 322 g/mol. The summed E-state index contributed by atoms with van der Waals surface area (Å²) < 4.78 is 31.5. The fourth-order valence-corrected chi connectivity index (χ4v) is 3.70. The van der Waals surface area contributed by atoms with E-state index < -0.39 is 22.1 Å². The minimum absolute atomic E-state index is 0.000984. The molecular formula is C12H22N2O6S. The molecule has 8 nitrogen and oxygen atoms in total. The van der Waals surface area contributed by atoms with Gasteiger partial charge in [0.05, 0.1) is 13.0 Å². The molecule has 1 heterocycles. The van der Waals surface area contributed by atoms with Gasteiger partial charge in [-0.2, -0.15) is 17.0 Å². The van der Waals surface area contributed by atoms with Crippen LogP contribution in [0.2, 0.25) is 0 Å². The minimum atomic E-state index is -3.68. The number of hydrogen-bond acceptors (Lipinski definition) is 5. The van der Waals surface area contributed by atoms with E-state index >= 15 is 0 Å². The van der Waals surface area contributed by atoms with Crippen LogP contribution in [-0.4, -0.2) is 67.9 Å². The van der Waals surface area contributed by atoms with Gasteiger partial charge in [0.25, 0.3) is 10.2 Å². The van der Waals surface area contributed by atoms with Gasteiger partial charge in [-0.1, -0.05) is 0 Å². The van der Waals surface area contributed by atoms with Crippen molar-refractivity contribution in [1.82, 2.24) is 8.61 Å². The van der Waals surface area contributed by atoms with Crippen LogP contribution >= 0.6 is 0 Å². The lowest BCUT2D eigenvalue weighted by Crippen LogP contribution is -2.48. The second-order valence-electron chi connectivity index (χ2n) is 5.04. The molecule has 0 amide bonds. The molecule has 0 radical (unpaired) electrons. The summed E-state index contributed by atoms with van der Waals surface area (Å²) in [5.74, 6) is -2.01. The van der Waals surface area contributed by atoms with Gasteiger partial charge in [0.15, 0.2) is 0 Å². The van der Waals surface area contributed by atoms with E-state index in [1.807, 2.05) is 0 Å². The molecule has 0 bridgehead atoms. The maximum atomic E-state index is 12.3. The summed E-state index contributed by atoms with van der Waals surface area (Å²) in [4.78, 5) is 22.0. The Hall–Kier alpha value is -1.19. The number of esters is 1. The number of carboxylic acid groups (broad SMARTS) is 1. The Morgan fingerprint density at radius 1 is 1.43 bits per heavy atom. The van der Waals surface area contributed by atoms with Crippen LogP contribution in [0.3, 0.4) is 0 Å². The quantitative estimate of drug-likeness (QED) is 0.657. The fraction of sp³-hybridized carbons (Fsp3) is 0.833. The number of carbonyl (C=O) groups excluding carboxylic acids is 1. The van der Waals surface area contributed by atoms with Crippen LogP contribution in [0.15, 0.2) is 0 Å².